The lowest BCUT2D eigenvalue weighted by atomic mass is 10.2. The molecule has 1 aromatic carbocycles. The van der Waals surface area contributed by atoms with Crippen molar-refractivity contribution in [2.45, 2.75) is 6.18 Å². The number of aromatic nitrogens is 2. The summed E-state index contributed by atoms with van der Waals surface area (Å²) in [5.41, 5.74) is -3.18. The molecule has 116 valence electrons. The Balaban J connectivity index is 2.43. The maximum absolute atomic E-state index is 13.4. The predicted molar refractivity (Wildman–Crippen MR) is 63.6 cm³/mol. The van der Waals surface area contributed by atoms with Gasteiger partial charge in [-0.25, -0.2) is 23.5 Å². The molecule has 2 aromatic rings. The van der Waals surface area contributed by atoms with Crippen LogP contribution in [0.3, 0.4) is 0 Å². The normalized spacial score (nSPS) is 11.3. The number of carboxylic acids is 1. The molecule has 5 nitrogen and oxygen atoms in total. The van der Waals surface area contributed by atoms with E-state index in [0.717, 1.165) is 12.1 Å². The minimum absolute atomic E-state index is 0.363. The van der Waals surface area contributed by atoms with Gasteiger partial charge in [0.15, 0.2) is 5.69 Å². The van der Waals surface area contributed by atoms with Gasteiger partial charge in [0.05, 0.1) is 5.69 Å². The molecular formula is C12H6F5N3O2. The lowest BCUT2D eigenvalue weighted by molar-refractivity contribution is -0.141. The first-order chi connectivity index (χ1) is 10.2. The van der Waals surface area contributed by atoms with E-state index in [1.807, 2.05) is 0 Å². The zero-order valence-electron chi connectivity index (χ0n) is 10.4. The summed E-state index contributed by atoms with van der Waals surface area (Å²) in [7, 11) is 0. The fourth-order valence-corrected chi connectivity index (χ4v) is 1.53. The molecule has 0 aliphatic rings. The Morgan fingerprint density at radius 1 is 1.23 bits per heavy atom. The van der Waals surface area contributed by atoms with Crippen LogP contribution in [0.25, 0.3) is 0 Å². The summed E-state index contributed by atoms with van der Waals surface area (Å²) >= 11 is 0. The van der Waals surface area contributed by atoms with Gasteiger partial charge in [0.1, 0.15) is 17.2 Å². The Hall–Kier alpha value is -2.78. The van der Waals surface area contributed by atoms with Gasteiger partial charge in [-0.2, -0.15) is 13.2 Å². The first-order valence-corrected chi connectivity index (χ1v) is 5.58. The van der Waals surface area contributed by atoms with E-state index in [2.05, 4.69) is 15.3 Å². The minimum Gasteiger partial charge on any atom is -0.478 e. The number of carbonyl (C=O) groups is 1. The highest BCUT2D eigenvalue weighted by Crippen LogP contribution is 2.31. The second-order valence-corrected chi connectivity index (χ2v) is 4.01. The number of halogens is 5. The zero-order valence-corrected chi connectivity index (χ0v) is 10.4. The maximum Gasteiger partial charge on any atom is 0.434 e. The fraction of sp³-hybridized carbons (Fsp3) is 0.0833. The number of carboxylic acid groups (broad SMARTS) is 1. The third-order valence-corrected chi connectivity index (χ3v) is 2.47. The van der Waals surface area contributed by atoms with Crippen LogP contribution in [0.5, 0.6) is 0 Å². The van der Waals surface area contributed by atoms with Crippen LogP contribution in [0, 0.1) is 11.6 Å². The Bertz CT molecular complexity index is 733. The first-order valence-electron chi connectivity index (χ1n) is 5.58. The summed E-state index contributed by atoms with van der Waals surface area (Å²) in [6, 6.07) is 2.33. The van der Waals surface area contributed by atoms with Crippen LogP contribution in [-0.4, -0.2) is 21.0 Å². The van der Waals surface area contributed by atoms with Crippen LogP contribution in [-0.2, 0) is 6.18 Å². The molecule has 0 spiro atoms. The number of benzene rings is 1. The number of anilines is 2. The molecule has 10 heteroatoms. The highest BCUT2D eigenvalue weighted by Gasteiger charge is 2.38. The largest absolute Gasteiger partial charge is 0.478 e. The van der Waals surface area contributed by atoms with Gasteiger partial charge in [0, 0.05) is 12.3 Å². The summed E-state index contributed by atoms with van der Waals surface area (Å²) in [5, 5.41) is 10.8. The fourth-order valence-electron chi connectivity index (χ4n) is 1.53. The van der Waals surface area contributed by atoms with Gasteiger partial charge in [-0.05, 0) is 12.1 Å². The summed E-state index contributed by atoms with van der Waals surface area (Å²) in [4.78, 5) is 17.1. The van der Waals surface area contributed by atoms with Gasteiger partial charge in [-0.3, -0.25) is 0 Å². The van der Waals surface area contributed by atoms with Gasteiger partial charge < -0.3 is 10.4 Å². The molecule has 0 atom stereocenters. The number of aromatic carboxylic acids is 1. The Kier molecular flexibility index (Phi) is 3.93. The van der Waals surface area contributed by atoms with Crippen LogP contribution in [0.2, 0.25) is 0 Å². The summed E-state index contributed by atoms with van der Waals surface area (Å²) in [6.07, 6.45) is -4.59. The van der Waals surface area contributed by atoms with E-state index in [1.165, 1.54) is 0 Å². The Morgan fingerprint density at radius 2 is 1.91 bits per heavy atom. The van der Waals surface area contributed by atoms with E-state index < -0.39 is 41.0 Å². The van der Waals surface area contributed by atoms with Crippen molar-refractivity contribution in [3.63, 3.8) is 0 Å². The molecule has 0 amide bonds. The van der Waals surface area contributed by atoms with Gasteiger partial charge >= 0.3 is 12.1 Å². The van der Waals surface area contributed by atoms with Gasteiger partial charge in [0.2, 0.25) is 5.95 Å². The second-order valence-electron chi connectivity index (χ2n) is 4.01. The highest BCUT2D eigenvalue weighted by atomic mass is 19.4. The lowest BCUT2D eigenvalue weighted by Crippen LogP contribution is -2.17. The molecule has 0 saturated heterocycles. The highest BCUT2D eigenvalue weighted by molar-refractivity contribution is 5.88. The van der Waals surface area contributed by atoms with Gasteiger partial charge in [0.25, 0.3) is 0 Å². The smallest absolute Gasteiger partial charge is 0.434 e. The van der Waals surface area contributed by atoms with Crippen molar-refractivity contribution < 1.29 is 31.9 Å². The number of hydrogen-bond acceptors (Lipinski definition) is 4. The average Bonchev–Trinajstić information content (AvgIpc) is 2.40. The quantitative estimate of drug-likeness (QED) is 0.850. The maximum atomic E-state index is 13.4. The molecule has 0 aliphatic heterocycles. The number of rotatable bonds is 3. The summed E-state index contributed by atoms with van der Waals surface area (Å²) in [5.74, 6) is -4.48. The summed E-state index contributed by atoms with van der Waals surface area (Å²) in [6.45, 7) is 0. The Labute approximate surface area is 119 Å². The van der Waals surface area contributed by atoms with E-state index in [4.69, 9.17) is 5.11 Å². The van der Waals surface area contributed by atoms with Crippen LogP contribution in [0.15, 0.2) is 24.4 Å². The second kappa shape index (κ2) is 5.54. The van der Waals surface area contributed by atoms with Crippen LogP contribution >= 0.6 is 0 Å². The standard InChI is InChI=1S/C12H6F5N3O2/c13-5-1-2-8(7(14)3-5)19-11-18-4-6(10(21)22)9(20-11)12(15,16)17/h1-4H,(H,21,22)(H,18,19,20). The van der Waals surface area contributed by atoms with Crippen molar-refractivity contribution >= 4 is 17.6 Å². The van der Waals surface area contributed by atoms with Gasteiger partial charge in [-0.1, -0.05) is 0 Å². The van der Waals surface area contributed by atoms with Crippen molar-refractivity contribution in [2.24, 2.45) is 0 Å². The van der Waals surface area contributed by atoms with Crippen LogP contribution in [0.4, 0.5) is 33.6 Å². The number of nitrogens with zero attached hydrogens (tertiary/aromatic N) is 2. The molecule has 0 unspecified atom stereocenters. The van der Waals surface area contributed by atoms with Crippen LogP contribution < -0.4 is 5.32 Å². The zero-order chi connectivity index (χ0) is 16.5. The molecule has 22 heavy (non-hydrogen) atoms. The van der Waals surface area contributed by atoms with Crippen molar-refractivity contribution in [3.05, 3.63) is 47.3 Å². The van der Waals surface area contributed by atoms with Crippen LogP contribution in [0.1, 0.15) is 16.1 Å². The molecule has 0 radical (unpaired) electrons. The Morgan fingerprint density at radius 3 is 2.45 bits per heavy atom. The molecule has 0 bridgehead atoms. The average molecular weight is 319 g/mol. The molecule has 0 fully saturated rings. The van der Waals surface area contributed by atoms with E-state index in [1.54, 1.807) is 0 Å². The molecule has 0 saturated carbocycles. The summed E-state index contributed by atoms with van der Waals surface area (Å²) < 4.78 is 64.4. The topological polar surface area (TPSA) is 75.1 Å². The predicted octanol–water partition coefficient (Wildman–Crippen LogP) is 3.22. The first kappa shape index (κ1) is 15.6. The number of hydrogen-bond donors (Lipinski definition) is 2. The third kappa shape index (κ3) is 3.27. The van der Waals surface area contributed by atoms with Crippen molar-refractivity contribution in [1.82, 2.24) is 9.97 Å². The van der Waals surface area contributed by atoms with Gasteiger partial charge in [-0.15, -0.1) is 0 Å². The monoisotopic (exact) mass is 319 g/mol. The molecule has 1 aromatic heterocycles. The van der Waals surface area contributed by atoms with E-state index in [0.29, 0.717) is 12.3 Å². The molecule has 2 N–H and O–H groups in total. The van der Waals surface area contributed by atoms with Crippen molar-refractivity contribution in [2.75, 3.05) is 5.32 Å². The van der Waals surface area contributed by atoms with E-state index in [-0.39, 0.29) is 5.69 Å². The SMILES string of the molecule is O=C(O)c1cnc(Nc2ccc(F)cc2F)nc1C(F)(F)F. The molecule has 1 heterocycles. The van der Waals surface area contributed by atoms with Crippen molar-refractivity contribution in [1.29, 1.82) is 0 Å². The van der Waals surface area contributed by atoms with E-state index in [9.17, 15) is 26.7 Å². The van der Waals surface area contributed by atoms with E-state index >= 15 is 0 Å². The molecular weight excluding hydrogens is 313 g/mol. The minimum atomic E-state index is -5.03. The molecule has 2 rings (SSSR count). The van der Waals surface area contributed by atoms with Crippen molar-refractivity contribution in [3.8, 4) is 0 Å². The number of nitrogens with one attached hydrogen (secondary N) is 1. The lowest BCUT2D eigenvalue weighted by Gasteiger charge is -2.11. The molecule has 0 aliphatic carbocycles. The number of alkyl halides is 3. The third-order valence-electron chi connectivity index (χ3n) is 2.47.